The van der Waals surface area contributed by atoms with Gasteiger partial charge in [-0.25, -0.2) is 0 Å². The maximum Gasteiger partial charge on any atom is 0.191 e. The number of carbonyl (C=O) groups is 1. The van der Waals surface area contributed by atoms with E-state index in [0.29, 0.717) is 30.3 Å². The van der Waals surface area contributed by atoms with Gasteiger partial charge in [-0.15, -0.1) is 0 Å². The van der Waals surface area contributed by atoms with Crippen LogP contribution in [0.4, 0.5) is 5.69 Å². The molecule has 0 saturated carbocycles. The number of benzene rings is 3. The van der Waals surface area contributed by atoms with Gasteiger partial charge in [0.25, 0.3) is 0 Å². The Labute approximate surface area is 206 Å². The van der Waals surface area contributed by atoms with Crippen LogP contribution in [0.25, 0.3) is 10.9 Å². The first-order valence-electron chi connectivity index (χ1n) is 11.7. The number of anilines is 1. The summed E-state index contributed by atoms with van der Waals surface area (Å²) in [5, 5.41) is 4.32. The number of para-hydroxylation sites is 1. The van der Waals surface area contributed by atoms with Crippen LogP contribution in [0.2, 0.25) is 0 Å². The van der Waals surface area contributed by atoms with Crippen LogP contribution in [0.1, 0.15) is 42.7 Å². The van der Waals surface area contributed by atoms with Crippen LogP contribution in [0, 0.1) is 0 Å². The number of hydrogen-bond donors (Lipinski definition) is 2. The third-order valence-electron chi connectivity index (χ3n) is 5.56. The van der Waals surface area contributed by atoms with Crippen LogP contribution in [0.5, 0.6) is 11.5 Å². The van der Waals surface area contributed by atoms with E-state index in [2.05, 4.69) is 10.3 Å². The minimum Gasteiger partial charge on any atom is -0.497 e. The maximum atomic E-state index is 13.8. The fourth-order valence-electron chi connectivity index (χ4n) is 3.91. The molecular weight excluding hydrogens is 440 g/mol. The molecule has 3 aromatic carbocycles. The lowest BCUT2D eigenvalue weighted by Crippen LogP contribution is -2.22. The molecule has 1 atom stereocenters. The summed E-state index contributed by atoms with van der Waals surface area (Å²) in [6.07, 6.45) is 1.78. The van der Waals surface area contributed by atoms with Crippen LogP contribution in [-0.4, -0.2) is 36.7 Å². The van der Waals surface area contributed by atoms with E-state index in [1.807, 2.05) is 93.6 Å². The van der Waals surface area contributed by atoms with Gasteiger partial charge in [-0.2, -0.15) is 0 Å². The number of H-pyrrole nitrogens is 1. The number of ether oxygens (including phenoxy) is 3. The Hall–Kier alpha value is -3.77. The Morgan fingerprint density at radius 2 is 1.66 bits per heavy atom. The first kappa shape index (κ1) is 24.4. The molecule has 6 heteroatoms. The quantitative estimate of drug-likeness (QED) is 0.206. The summed E-state index contributed by atoms with van der Waals surface area (Å²) in [6.45, 7) is 6.90. The number of methoxy groups -OCH3 is 1. The lowest BCUT2D eigenvalue weighted by Gasteiger charge is -2.21. The van der Waals surface area contributed by atoms with Crippen molar-refractivity contribution in [2.24, 2.45) is 0 Å². The van der Waals surface area contributed by atoms with Crippen LogP contribution in [0.3, 0.4) is 0 Å². The number of fused-ring (bicyclic) bond motifs is 1. The molecule has 35 heavy (non-hydrogen) atoms. The summed E-state index contributed by atoms with van der Waals surface area (Å²) in [7, 11) is 1.61. The van der Waals surface area contributed by atoms with Crippen LogP contribution >= 0.6 is 0 Å². The van der Waals surface area contributed by atoms with Crippen molar-refractivity contribution in [1.29, 1.82) is 0 Å². The van der Waals surface area contributed by atoms with E-state index in [1.165, 1.54) is 0 Å². The molecule has 4 aromatic rings. The average Bonchev–Trinajstić information content (AvgIpc) is 3.29. The van der Waals surface area contributed by atoms with E-state index in [-0.39, 0.29) is 11.4 Å². The zero-order valence-electron chi connectivity index (χ0n) is 20.6. The molecule has 0 aliphatic rings. The molecule has 6 nitrogen and oxygen atoms in total. The first-order chi connectivity index (χ1) is 16.8. The molecule has 0 aliphatic heterocycles. The Morgan fingerprint density at radius 3 is 2.40 bits per heavy atom. The van der Waals surface area contributed by atoms with Crippen LogP contribution < -0.4 is 14.8 Å². The van der Waals surface area contributed by atoms with Gasteiger partial charge in [0.1, 0.15) is 24.1 Å². The lowest BCUT2D eigenvalue weighted by atomic mass is 9.96. The number of carbonyl (C=O) groups excluding carboxylic acids is 1. The smallest absolute Gasteiger partial charge is 0.191 e. The van der Waals surface area contributed by atoms with Gasteiger partial charge in [0.2, 0.25) is 0 Å². The van der Waals surface area contributed by atoms with Crippen molar-refractivity contribution in [3.8, 4) is 11.5 Å². The Morgan fingerprint density at radius 1 is 0.943 bits per heavy atom. The minimum absolute atomic E-state index is 0.0301. The fraction of sp³-hybridized carbons (Fsp3) is 0.276. The zero-order valence-corrected chi connectivity index (χ0v) is 20.6. The normalized spacial score (nSPS) is 12.3. The minimum atomic E-state index is -0.598. The highest BCUT2D eigenvalue weighted by atomic mass is 16.5. The predicted octanol–water partition coefficient (Wildman–Crippen LogP) is 6.41. The molecule has 0 fully saturated rings. The monoisotopic (exact) mass is 472 g/mol. The molecule has 0 aliphatic carbocycles. The van der Waals surface area contributed by atoms with Crippen molar-refractivity contribution in [1.82, 2.24) is 4.98 Å². The summed E-state index contributed by atoms with van der Waals surface area (Å²) in [5.41, 5.74) is 2.93. The summed E-state index contributed by atoms with van der Waals surface area (Å²) in [5.74, 6) is 1.24. The Bertz CT molecular complexity index is 1270. The lowest BCUT2D eigenvalue weighted by molar-refractivity contribution is -0.0163. The highest BCUT2D eigenvalue weighted by molar-refractivity contribution is 6.11. The molecule has 1 aromatic heterocycles. The molecule has 0 saturated heterocycles. The molecule has 0 radical (unpaired) electrons. The highest BCUT2D eigenvalue weighted by Gasteiger charge is 2.25. The van der Waals surface area contributed by atoms with E-state index < -0.39 is 6.04 Å². The van der Waals surface area contributed by atoms with Crippen molar-refractivity contribution in [3.05, 3.63) is 90.1 Å². The zero-order chi connectivity index (χ0) is 24.8. The third kappa shape index (κ3) is 6.22. The van der Waals surface area contributed by atoms with Crippen molar-refractivity contribution < 1.29 is 19.0 Å². The number of ketones is 1. The molecule has 1 unspecified atom stereocenters. The van der Waals surface area contributed by atoms with E-state index in [0.717, 1.165) is 22.2 Å². The highest BCUT2D eigenvalue weighted by Crippen LogP contribution is 2.31. The maximum absolute atomic E-state index is 13.8. The second-order valence-corrected chi connectivity index (χ2v) is 9.31. The van der Waals surface area contributed by atoms with E-state index in [4.69, 9.17) is 14.2 Å². The van der Waals surface area contributed by atoms with Crippen molar-refractivity contribution in [2.75, 3.05) is 25.6 Å². The summed E-state index contributed by atoms with van der Waals surface area (Å²) >= 11 is 0. The SMILES string of the molecule is COc1cc(NC(C(=O)c2c[nH]c3ccccc23)c2ccccc2)cc(OCCOC(C)(C)C)c1. The third-order valence-corrected chi connectivity index (χ3v) is 5.56. The van der Waals surface area contributed by atoms with E-state index in [1.54, 1.807) is 13.3 Å². The molecule has 182 valence electrons. The standard InChI is InChI=1S/C29H32N2O4/c1-29(2,3)35-15-14-34-23-17-21(16-22(18-23)33-4)31-27(20-10-6-5-7-11-20)28(32)25-19-30-26-13-9-8-12-24(25)26/h5-13,16-19,27,30-31H,14-15H2,1-4H3. The summed E-state index contributed by atoms with van der Waals surface area (Å²) in [4.78, 5) is 17.0. The predicted molar refractivity (Wildman–Crippen MR) is 140 cm³/mol. The number of aromatic nitrogens is 1. The van der Waals surface area contributed by atoms with E-state index >= 15 is 0 Å². The number of Topliss-reactive ketones (excluding diaryl/α,β-unsaturated/α-hetero) is 1. The molecule has 2 N–H and O–H groups in total. The van der Waals surface area contributed by atoms with Gasteiger partial charge in [-0.3, -0.25) is 4.79 Å². The van der Waals surface area contributed by atoms with Crippen LogP contribution in [0.15, 0.2) is 79.0 Å². The molecule has 4 rings (SSSR count). The first-order valence-corrected chi connectivity index (χ1v) is 11.7. The van der Waals surface area contributed by atoms with Gasteiger partial charge >= 0.3 is 0 Å². The average molecular weight is 473 g/mol. The number of nitrogens with one attached hydrogen (secondary N) is 2. The van der Waals surface area contributed by atoms with Gasteiger partial charge in [0, 0.05) is 46.5 Å². The number of aromatic amines is 1. The number of rotatable bonds is 10. The van der Waals surface area contributed by atoms with E-state index in [9.17, 15) is 4.79 Å². The van der Waals surface area contributed by atoms with Gasteiger partial charge in [0.15, 0.2) is 5.78 Å². The van der Waals surface area contributed by atoms with Gasteiger partial charge in [-0.05, 0) is 32.4 Å². The second kappa shape index (κ2) is 10.7. The molecule has 0 amide bonds. The summed E-state index contributed by atoms with van der Waals surface area (Å²) in [6, 6.07) is 22.5. The number of hydrogen-bond acceptors (Lipinski definition) is 5. The molecule has 1 heterocycles. The largest absolute Gasteiger partial charge is 0.497 e. The summed E-state index contributed by atoms with van der Waals surface area (Å²) < 4.78 is 17.2. The molecule has 0 bridgehead atoms. The topological polar surface area (TPSA) is 72.6 Å². The van der Waals surface area contributed by atoms with Crippen molar-refractivity contribution in [3.63, 3.8) is 0 Å². The van der Waals surface area contributed by atoms with Gasteiger partial charge in [-0.1, -0.05) is 48.5 Å². The van der Waals surface area contributed by atoms with Crippen molar-refractivity contribution >= 4 is 22.4 Å². The van der Waals surface area contributed by atoms with Crippen LogP contribution in [-0.2, 0) is 4.74 Å². The Balaban J connectivity index is 1.61. The second-order valence-electron chi connectivity index (χ2n) is 9.31. The van der Waals surface area contributed by atoms with Gasteiger partial charge < -0.3 is 24.5 Å². The Kier molecular flexibility index (Phi) is 7.42. The molecular formula is C29H32N2O4. The molecule has 0 spiro atoms. The van der Waals surface area contributed by atoms with Crippen molar-refractivity contribution in [2.45, 2.75) is 32.4 Å². The fourth-order valence-corrected chi connectivity index (χ4v) is 3.91. The van der Waals surface area contributed by atoms with Gasteiger partial charge in [0.05, 0.1) is 19.3 Å².